The van der Waals surface area contributed by atoms with E-state index in [9.17, 15) is 0 Å². The zero-order valence-corrected chi connectivity index (χ0v) is 15.3. The second-order valence-corrected chi connectivity index (χ2v) is 5.94. The van der Waals surface area contributed by atoms with E-state index in [4.69, 9.17) is 14.2 Å². The van der Waals surface area contributed by atoms with Crippen LogP contribution in [0.3, 0.4) is 0 Å². The van der Waals surface area contributed by atoms with Gasteiger partial charge in [-0.05, 0) is 36.4 Å². The molecule has 0 saturated heterocycles. The maximum atomic E-state index is 5.49. The normalized spacial score (nSPS) is 10.8. The molecular weight excluding hydrogens is 342 g/mol. The monoisotopic (exact) mass is 361 g/mol. The molecular formula is C21H19N3O3. The summed E-state index contributed by atoms with van der Waals surface area (Å²) in [6.45, 7) is 0. The Morgan fingerprint density at radius 2 is 1.44 bits per heavy atom. The highest BCUT2D eigenvalue weighted by Crippen LogP contribution is 2.33. The molecule has 0 N–H and O–H groups in total. The second-order valence-electron chi connectivity index (χ2n) is 5.94. The van der Waals surface area contributed by atoms with Crippen molar-refractivity contribution in [3.05, 3.63) is 60.8 Å². The van der Waals surface area contributed by atoms with Crippen LogP contribution in [0.25, 0.3) is 28.2 Å². The average Bonchev–Trinajstić information content (AvgIpc) is 3.16. The third kappa shape index (κ3) is 2.95. The average molecular weight is 361 g/mol. The summed E-state index contributed by atoms with van der Waals surface area (Å²) < 4.78 is 18.2. The molecule has 27 heavy (non-hydrogen) atoms. The molecule has 0 unspecified atom stereocenters. The molecule has 0 fully saturated rings. The molecule has 0 aliphatic rings. The predicted octanol–water partition coefficient (Wildman–Crippen LogP) is 4.09. The van der Waals surface area contributed by atoms with Crippen LogP contribution in [0.5, 0.6) is 17.2 Å². The van der Waals surface area contributed by atoms with Gasteiger partial charge in [-0.25, -0.2) is 0 Å². The molecule has 136 valence electrons. The molecule has 0 atom stereocenters. The standard InChI is InChI=1S/C21H19N3O3/c1-25-17-7-5-4-6-16(17)15-9-11-20-22-23-21(24(20)13-15)14-8-10-18(26-2)19(12-14)27-3/h4-13H,1-3H3. The highest BCUT2D eigenvalue weighted by molar-refractivity contribution is 5.72. The van der Waals surface area contributed by atoms with Crippen LogP contribution < -0.4 is 14.2 Å². The molecule has 0 saturated carbocycles. The maximum Gasteiger partial charge on any atom is 0.168 e. The predicted molar refractivity (Wildman–Crippen MR) is 104 cm³/mol. The molecule has 0 spiro atoms. The summed E-state index contributed by atoms with van der Waals surface area (Å²) in [5.74, 6) is 2.86. The summed E-state index contributed by atoms with van der Waals surface area (Å²) in [4.78, 5) is 0. The van der Waals surface area contributed by atoms with Crippen molar-refractivity contribution >= 4 is 5.65 Å². The minimum absolute atomic E-state index is 0.646. The van der Waals surface area contributed by atoms with E-state index in [1.807, 2.05) is 65.2 Å². The van der Waals surface area contributed by atoms with Gasteiger partial charge < -0.3 is 14.2 Å². The molecule has 2 aromatic heterocycles. The Bertz CT molecular complexity index is 1100. The lowest BCUT2D eigenvalue weighted by atomic mass is 10.1. The quantitative estimate of drug-likeness (QED) is 0.536. The Kier molecular flexibility index (Phi) is 4.38. The lowest BCUT2D eigenvalue weighted by molar-refractivity contribution is 0.355. The van der Waals surface area contributed by atoms with Crippen LogP contribution in [0.1, 0.15) is 0 Å². The molecule has 0 aliphatic heterocycles. The first-order chi connectivity index (χ1) is 13.2. The summed E-state index contributed by atoms with van der Waals surface area (Å²) in [6.07, 6.45) is 2.01. The number of hydrogen-bond acceptors (Lipinski definition) is 5. The Balaban J connectivity index is 1.86. The fraction of sp³-hybridized carbons (Fsp3) is 0.143. The Hall–Kier alpha value is -3.54. The first-order valence-corrected chi connectivity index (χ1v) is 8.45. The fourth-order valence-electron chi connectivity index (χ4n) is 3.11. The number of benzene rings is 2. The van der Waals surface area contributed by atoms with E-state index in [0.29, 0.717) is 11.5 Å². The summed E-state index contributed by atoms with van der Waals surface area (Å²) in [5.41, 5.74) is 3.67. The van der Waals surface area contributed by atoms with E-state index in [2.05, 4.69) is 10.2 Å². The summed E-state index contributed by atoms with van der Waals surface area (Å²) in [5, 5.41) is 8.64. The highest BCUT2D eigenvalue weighted by atomic mass is 16.5. The molecule has 4 rings (SSSR count). The van der Waals surface area contributed by atoms with Gasteiger partial charge >= 0.3 is 0 Å². The zero-order valence-electron chi connectivity index (χ0n) is 15.3. The fourth-order valence-corrected chi connectivity index (χ4v) is 3.11. The molecule has 0 radical (unpaired) electrons. The van der Waals surface area contributed by atoms with Crippen molar-refractivity contribution in [3.8, 4) is 39.8 Å². The number of aromatic nitrogens is 3. The van der Waals surface area contributed by atoms with Crippen LogP contribution in [-0.2, 0) is 0 Å². The summed E-state index contributed by atoms with van der Waals surface area (Å²) in [6, 6.07) is 17.6. The number of fused-ring (bicyclic) bond motifs is 1. The van der Waals surface area contributed by atoms with Crippen LogP contribution in [0.15, 0.2) is 60.8 Å². The van der Waals surface area contributed by atoms with E-state index in [1.165, 1.54) is 0 Å². The topological polar surface area (TPSA) is 57.9 Å². The van der Waals surface area contributed by atoms with Gasteiger partial charge in [-0.1, -0.05) is 18.2 Å². The highest BCUT2D eigenvalue weighted by Gasteiger charge is 2.13. The zero-order chi connectivity index (χ0) is 18.8. The number of hydrogen-bond donors (Lipinski definition) is 0. The minimum atomic E-state index is 0.646. The van der Waals surface area contributed by atoms with Gasteiger partial charge in [-0.3, -0.25) is 4.40 Å². The molecule has 4 aromatic rings. The largest absolute Gasteiger partial charge is 0.496 e. The smallest absolute Gasteiger partial charge is 0.168 e. The van der Waals surface area contributed by atoms with Crippen molar-refractivity contribution in [1.82, 2.24) is 14.6 Å². The first-order valence-electron chi connectivity index (χ1n) is 8.45. The van der Waals surface area contributed by atoms with E-state index < -0.39 is 0 Å². The number of para-hydroxylation sites is 1. The molecule has 6 heteroatoms. The lowest BCUT2D eigenvalue weighted by Gasteiger charge is -2.10. The molecule has 0 aliphatic carbocycles. The van der Waals surface area contributed by atoms with Gasteiger partial charge in [0.2, 0.25) is 0 Å². The van der Waals surface area contributed by atoms with Crippen molar-refractivity contribution < 1.29 is 14.2 Å². The Morgan fingerprint density at radius 3 is 2.22 bits per heavy atom. The first kappa shape index (κ1) is 16.9. The van der Waals surface area contributed by atoms with E-state index in [-0.39, 0.29) is 0 Å². The number of nitrogens with zero attached hydrogens (tertiary/aromatic N) is 3. The van der Waals surface area contributed by atoms with Crippen molar-refractivity contribution in [2.24, 2.45) is 0 Å². The van der Waals surface area contributed by atoms with Crippen molar-refractivity contribution in [2.75, 3.05) is 21.3 Å². The Morgan fingerprint density at radius 1 is 0.704 bits per heavy atom. The van der Waals surface area contributed by atoms with Gasteiger partial charge in [0, 0.05) is 22.9 Å². The van der Waals surface area contributed by atoms with Crippen LogP contribution >= 0.6 is 0 Å². The summed E-state index contributed by atoms with van der Waals surface area (Å²) in [7, 11) is 4.90. The van der Waals surface area contributed by atoms with E-state index in [1.54, 1.807) is 21.3 Å². The number of rotatable bonds is 5. The van der Waals surface area contributed by atoms with Crippen molar-refractivity contribution in [3.63, 3.8) is 0 Å². The van der Waals surface area contributed by atoms with E-state index in [0.717, 1.165) is 33.9 Å². The second kappa shape index (κ2) is 6.99. The third-order valence-electron chi connectivity index (χ3n) is 4.46. The molecule has 2 aromatic carbocycles. The number of pyridine rings is 1. The van der Waals surface area contributed by atoms with Crippen LogP contribution in [0.2, 0.25) is 0 Å². The molecule has 0 bridgehead atoms. The van der Waals surface area contributed by atoms with Gasteiger partial charge in [0.1, 0.15) is 5.75 Å². The van der Waals surface area contributed by atoms with Crippen LogP contribution in [0.4, 0.5) is 0 Å². The Labute approximate surface area is 157 Å². The van der Waals surface area contributed by atoms with Gasteiger partial charge in [-0.2, -0.15) is 0 Å². The number of methoxy groups -OCH3 is 3. The molecule has 6 nitrogen and oxygen atoms in total. The van der Waals surface area contributed by atoms with Gasteiger partial charge in [0.25, 0.3) is 0 Å². The van der Waals surface area contributed by atoms with Crippen molar-refractivity contribution in [2.45, 2.75) is 0 Å². The summed E-state index contributed by atoms with van der Waals surface area (Å²) >= 11 is 0. The SMILES string of the molecule is COc1ccc(-c2nnc3ccc(-c4ccccc4OC)cn23)cc1OC. The van der Waals surface area contributed by atoms with Crippen molar-refractivity contribution in [1.29, 1.82) is 0 Å². The lowest BCUT2D eigenvalue weighted by Crippen LogP contribution is -1.94. The molecule has 2 heterocycles. The minimum Gasteiger partial charge on any atom is -0.496 e. The third-order valence-corrected chi connectivity index (χ3v) is 4.46. The van der Waals surface area contributed by atoms with Gasteiger partial charge in [0.15, 0.2) is 23.0 Å². The maximum absolute atomic E-state index is 5.49. The van der Waals surface area contributed by atoms with Crippen LogP contribution in [0, 0.1) is 0 Å². The van der Waals surface area contributed by atoms with Crippen LogP contribution in [-0.4, -0.2) is 35.9 Å². The number of ether oxygens (including phenoxy) is 3. The van der Waals surface area contributed by atoms with Gasteiger partial charge in [0.05, 0.1) is 21.3 Å². The van der Waals surface area contributed by atoms with E-state index >= 15 is 0 Å². The van der Waals surface area contributed by atoms with Gasteiger partial charge in [-0.15, -0.1) is 10.2 Å². The molecule has 0 amide bonds.